The third-order valence-corrected chi connectivity index (χ3v) is 4.34. The zero-order valence-electron chi connectivity index (χ0n) is 17.3. The number of hydrogen-bond donors (Lipinski definition) is 1. The van der Waals surface area contributed by atoms with Crippen molar-refractivity contribution in [3.8, 4) is 17.2 Å². The summed E-state index contributed by atoms with van der Waals surface area (Å²) in [6.07, 6.45) is -0.220. The molecule has 1 fully saturated rings. The van der Waals surface area contributed by atoms with Gasteiger partial charge in [-0.15, -0.1) is 0 Å². The van der Waals surface area contributed by atoms with Gasteiger partial charge in [0.1, 0.15) is 6.04 Å². The lowest BCUT2D eigenvalue weighted by Gasteiger charge is -2.34. The first kappa shape index (κ1) is 22.3. The first-order chi connectivity index (χ1) is 14.0. The summed E-state index contributed by atoms with van der Waals surface area (Å²) in [6, 6.07) is 2.20. The van der Waals surface area contributed by atoms with Crippen LogP contribution in [0, 0.1) is 0 Å². The molecule has 1 unspecified atom stereocenters. The SMILES string of the molecule is CCOc1cc(C(=O)N2CCNC(=O)C2CC(=O)OC)cc(OCC)c1OCC. The topological polar surface area (TPSA) is 103 Å². The van der Waals surface area contributed by atoms with E-state index in [1.807, 2.05) is 20.8 Å². The molecule has 1 aromatic rings. The van der Waals surface area contributed by atoms with Gasteiger partial charge in [-0.3, -0.25) is 14.4 Å². The second-order valence-electron chi connectivity index (χ2n) is 6.19. The molecule has 1 aliphatic rings. The maximum absolute atomic E-state index is 13.2. The molecule has 0 bridgehead atoms. The van der Waals surface area contributed by atoms with Crippen molar-refractivity contribution in [2.75, 3.05) is 40.0 Å². The van der Waals surface area contributed by atoms with Crippen LogP contribution in [0.15, 0.2) is 12.1 Å². The number of ether oxygens (including phenoxy) is 4. The van der Waals surface area contributed by atoms with Gasteiger partial charge < -0.3 is 29.2 Å². The number of carbonyl (C=O) groups excluding carboxylic acids is 3. The van der Waals surface area contributed by atoms with Gasteiger partial charge in [0, 0.05) is 18.7 Å². The summed E-state index contributed by atoms with van der Waals surface area (Å²) in [6.45, 7) is 7.22. The van der Waals surface area contributed by atoms with Gasteiger partial charge in [-0.05, 0) is 32.9 Å². The first-order valence-corrected chi connectivity index (χ1v) is 9.68. The molecule has 160 valence electrons. The van der Waals surface area contributed by atoms with E-state index < -0.39 is 23.8 Å². The van der Waals surface area contributed by atoms with Gasteiger partial charge in [0.05, 0.1) is 33.4 Å². The average Bonchev–Trinajstić information content (AvgIpc) is 2.71. The molecule has 0 radical (unpaired) electrons. The minimum Gasteiger partial charge on any atom is -0.490 e. The van der Waals surface area contributed by atoms with Gasteiger partial charge in [-0.1, -0.05) is 0 Å². The van der Waals surface area contributed by atoms with Crippen LogP contribution in [-0.2, 0) is 14.3 Å². The second kappa shape index (κ2) is 10.5. The van der Waals surface area contributed by atoms with Crippen LogP contribution in [0.1, 0.15) is 37.6 Å². The standard InChI is InChI=1S/C20H28N2O7/c1-5-27-15-10-13(11-16(28-6-2)18(15)29-7-3)20(25)22-9-8-21-19(24)14(22)12-17(23)26-4/h10-11,14H,5-9,12H2,1-4H3,(H,21,24). The zero-order valence-corrected chi connectivity index (χ0v) is 17.3. The van der Waals surface area contributed by atoms with Crippen molar-refractivity contribution in [2.45, 2.75) is 33.2 Å². The predicted molar refractivity (Wildman–Crippen MR) is 104 cm³/mol. The summed E-state index contributed by atoms with van der Waals surface area (Å²) in [5, 5.41) is 2.68. The summed E-state index contributed by atoms with van der Waals surface area (Å²) in [4.78, 5) is 38.6. The molecule has 29 heavy (non-hydrogen) atoms. The number of rotatable bonds is 9. The van der Waals surface area contributed by atoms with Crippen LogP contribution in [0.5, 0.6) is 17.2 Å². The summed E-state index contributed by atoms with van der Waals surface area (Å²) in [5.41, 5.74) is 0.282. The third-order valence-electron chi connectivity index (χ3n) is 4.34. The number of nitrogens with zero attached hydrogens (tertiary/aromatic N) is 1. The van der Waals surface area contributed by atoms with Gasteiger partial charge in [-0.25, -0.2) is 0 Å². The number of piperazine rings is 1. The molecule has 9 heteroatoms. The number of benzene rings is 1. The largest absolute Gasteiger partial charge is 0.490 e. The highest BCUT2D eigenvalue weighted by molar-refractivity contribution is 6.00. The molecule has 0 aliphatic carbocycles. The van der Waals surface area contributed by atoms with E-state index in [0.717, 1.165) is 0 Å². The maximum Gasteiger partial charge on any atom is 0.308 e. The Morgan fingerprint density at radius 3 is 2.17 bits per heavy atom. The molecule has 1 saturated heterocycles. The molecule has 0 spiro atoms. The Kier molecular flexibility index (Phi) is 8.11. The van der Waals surface area contributed by atoms with E-state index in [-0.39, 0.29) is 18.5 Å². The molecule has 9 nitrogen and oxygen atoms in total. The normalized spacial score (nSPS) is 16.1. The maximum atomic E-state index is 13.2. The number of esters is 1. The second-order valence-corrected chi connectivity index (χ2v) is 6.19. The van der Waals surface area contributed by atoms with E-state index in [0.29, 0.717) is 43.6 Å². The van der Waals surface area contributed by atoms with Crippen LogP contribution in [-0.4, -0.2) is 68.7 Å². The van der Waals surface area contributed by atoms with Crippen molar-refractivity contribution >= 4 is 17.8 Å². The van der Waals surface area contributed by atoms with Crippen molar-refractivity contribution in [3.05, 3.63) is 17.7 Å². The van der Waals surface area contributed by atoms with E-state index in [4.69, 9.17) is 14.2 Å². The Morgan fingerprint density at radius 2 is 1.66 bits per heavy atom. The van der Waals surface area contributed by atoms with Gasteiger partial charge in [0.15, 0.2) is 11.5 Å². The Hall–Kier alpha value is -2.97. The lowest BCUT2D eigenvalue weighted by atomic mass is 10.1. The molecule has 0 aromatic heterocycles. The monoisotopic (exact) mass is 408 g/mol. The highest BCUT2D eigenvalue weighted by atomic mass is 16.5. The summed E-state index contributed by atoms with van der Waals surface area (Å²) >= 11 is 0. The van der Waals surface area contributed by atoms with E-state index in [9.17, 15) is 14.4 Å². The number of nitrogens with one attached hydrogen (secondary N) is 1. The van der Waals surface area contributed by atoms with Crippen LogP contribution in [0.2, 0.25) is 0 Å². The summed E-state index contributed by atoms with van der Waals surface area (Å²) in [7, 11) is 1.24. The van der Waals surface area contributed by atoms with Gasteiger partial charge >= 0.3 is 5.97 Å². The lowest BCUT2D eigenvalue weighted by Crippen LogP contribution is -2.57. The van der Waals surface area contributed by atoms with Crippen molar-refractivity contribution in [1.82, 2.24) is 10.2 Å². The Balaban J connectivity index is 2.43. The molecule has 0 saturated carbocycles. The smallest absolute Gasteiger partial charge is 0.308 e. The minimum absolute atomic E-state index is 0.220. The molecule has 1 heterocycles. The molecular weight excluding hydrogens is 380 g/mol. The summed E-state index contributed by atoms with van der Waals surface area (Å²) in [5.74, 6) is -0.171. The van der Waals surface area contributed by atoms with Crippen LogP contribution < -0.4 is 19.5 Å². The van der Waals surface area contributed by atoms with Crippen LogP contribution >= 0.6 is 0 Å². The Labute approximate surface area is 170 Å². The van der Waals surface area contributed by atoms with E-state index in [1.54, 1.807) is 12.1 Å². The highest BCUT2D eigenvalue weighted by Gasteiger charge is 2.36. The van der Waals surface area contributed by atoms with Crippen molar-refractivity contribution < 1.29 is 33.3 Å². The predicted octanol–water partition coefficient (Wildman–Crippen LogP) is 1.39. The fraction of sp³-hybridized carbons (Fsp3) is 0.550. The Morgan fingerprint density at radius 1 is 1.07 bits per heavy atom. The molecular formula is C20H28N2O7. The van der Waals surface area contributed by atoms with Crippen molar-refractivity contribution in [2.24, 2.45) is 0 Å². The fourth-order valence-corrected chi connectivity index (χ4v) is 3.08. The van der Waals surface area contributed by atoms with E-state index in [2.05, 4.69) is 10.1 Å². The molecule has 1 aromatic carbocycles. The number of carbonyl (C=O) groups is 3. The van der Waals surface area contributed by atoms with E-state index >= 15 is 0 Å². The molecule has 1 atom stereocenters. The van der Waals surface area contributed by atoms with Crippen LogP contribution in [0.25, 0.3) is 0 Å². The van der Waals surface area contributed by atoms with Crippen LogP contribution in [0.3, 0.4) is 0 Å². The van der Waals surface area contributed by atoms with Crippen LogP contribution in [0.4, 0.5) is 0 Å². The molecule has 2 amide bonds. The van der Waals surface area contributed by atoms with Crippen molar-refractivity contribution in [3.63, 3.8) is 0 Å². The van der Waals surface area contributed by atoms with Gasteiger partial charge in [0.2, 0.25) is 11.7 Å². The third kappa shape index (κ3) is 5.30. The van der Waals surface area contributed by atoms with Crippen molar-refractivity contribution in [1.29, 1.82) is 0 Å². The fourth-order valence-electron chi connectivity index (χ4n) is 3.08. The molecule has 1 N–H and O–H groups in total. The zero-order chi connectivity index (χ0) is 21.4. The quantitative estimate of drug-likeness (QED) is 0.616. The van der Waals surface area contributed by atoms with Gasteiger partial charge in [-0.2, -0.15) is 0 Å². The minimum atomic E-state index is -0.943. The number of amides is 2. The average molecular weight is 408 g/mol. The summed E-state index contributed by atoms with van der Waals surface area (Å²) < 4.78 is 21.6. The molecule has 2 rings (SSSR count). The van der Waals surface area contributed by atoms with Gasteiger partial charge in [0.25, 0.3) is 5.91 Å². The van der Waals surface area contributed by atoms with E-state index in [1.165, 1.54) is 12.0 Å². The number of hydrogen-bond acceptors (Lipinski definition) is 7. The Bertz CT molecular complexity index is 723. The molecule has 1 aliphatic heterocycles. The first-order valence-electron chi connectivity index (χ1n) is 9.68. The highest BCUT2D eigenvalue weighted by Crippen LogP contribution is 2.39. The lowest BCUT2D eigenvalue weighted by molar-refractivity contribution is -0.145. The number of methoxy groups -OCH3 is 1.